The maximum Gasteiger partial charge on any atom is 0.277 e. The zero-order chi connectivity index (χ0) is 16.9. The monoisotopic (exact) mass is 408 g/mol. The molecule has 0 fully saturated rings. The van der Waals surface area contributed by atoms with Gasteiger partial charge in [-0.05, 0) is 46.3 Å². The van der Waals surface area contributed by atoms with Gasteiger partial charge in [-0.25, -0.2) is 9.37 Å². The minimum absolute atomic E-state index is 0.0858. The van der Waals surface area contributed by atoms with Gasteiger partial charge in [0.05, 0.1) is 5.75 Å². The first-order valence-corrected chi connectivity index (χ1v) is 8.52. The van der Waals surface area contributed by atoms with Gasteiger partial charge in [0, 0.05) is 16.2 Å². The summed E-state index contributed by atoms with van der Waals surface area (Å²) < 4.78 is 19.4. The van der Waals surface area contributed by atoms with Crippen LogP contribution in [0.25, 0.3) is 11.5 Å². The Labute approximate surface area is 149 Å². The summed E-state index contributed by atoms with van der Waals surface area (Å²) in [6.07, 6.45) is 1.59. The maximum atomic E-state index is 13.2. The molecule has 0 atom stereocenters. The fourth-order valence-electron chi connectivity index (χ4n) is 1.76. The third-order valence-electron chi connectivity index (χ3n) is 2.80. The Bertz CT molecular complexity index is 857. The van der Waals surface area contributed by atoms with Crippen molar-refractivity contribution in [1.82, 2.24) is 15.2 Å². The number of carbonyl (C=O) groups excluding carboxylic acids is 1. The van der Waals surface area contributed by atoms with Crippen molar-refractivity contribution in [3.8, 4) is 11.5 Å². The molecule has 24 heavy (non-hydrogen) atoms. The summed E-state index contributed by atoms with van der Waals surface area (Å²) in [4.78, 5) is 15.9. The van der Waals surface area contributed by atoms with Gasteiger partial charge in [0.25, 0.3) is 5.22 Å². The molecule has 3 rings (SSSR count). The highest BCUT2D eigenvalue weighted by Gasteiger charge is 2.12. The minimum Gasteiger partial charge on any atom is -0.411 e. The van der Waals surface area contributed by atoms with Crippen LogP contribution in [0.15, 0.2) is 56.7 Å². The van der Waals surface area contributed by atoms with Gasteiger partial charge in [-0.15, -0.1) is 10.2 Å². The number of amides is 1. The van der Waals surface area contributed by atoms with E-state index in [4.69, 9.17) is 4.42 Å². The number of anilines is 1. The number of aromatic nitrogens is 3. The van der Waals surface area contributed by atoms with Gasteiger partial charge in [-0.2, -0.15) is 0 Å². The largest absolute Gasteiger partial charge is 0.411 e. The first kappa shape index (κ1) is 16.6. The van der Waals surface area contributed by atoms with Gasteiger partial charge in [-0.3, -0.25) is 4.79 Å². The summed E-state index contributed by atoms with van der Waals surface area (Å²) in [5, 5.41) is 10.6. The van der Waals surface area contributed by atoms with Crippen LogP contribution in [0.5, 0.6) is 0 Å². The van der Waals surface area contributed by atoms with Crippen molar-refractivity contribution >= 4 is 39.4 Å². The van der Waals surface area contributed by atoms with Gasteiger partial charge in [0.1, 0.15) is 11.6 Å². The van der Waals surface area contributed by atoms with Crippen molar-refractivity contribution in [2.75, 3.05) is 11.1 Å². The second-order valence-electron chi connectivity index (χ2n) is 4.58. The predicted molar refractivity (Wildman–Crippen MR) is 91.0 cm³/mol. The number of benzene rings is 1. The smallest absolute Gasteiger partial charge is 0.277 e. The standard InChI is InChI=1S/C15H10BrFN4O2S/c16-10-4-5-12(18-7-10)19-13(22)8-24-15-21-20-14(23-15)9-2-1-3-11(17)6-9/h1-7H,8H2,(H,18,19,22). The van der Waals surface area contributed by atoms with E-state index < -0.39 is 0 Å². The van der Waals surface area contributed by atoms with Gasteiger partial charge >= 0.3 is 0 Å². The average Bonchev–Trinajstić information content (AvgIpc) is 3.04. The number of thioether (sulfide) groups is 1. The second kappa shape index (κ2) is 7.54. The lowest BCUT2D eigenvalue weighted by atomic mass is 10.2. The van der Waals surface area contributed by atoms with E-state index in [0.717, 1.165) is 16.2 Å². The summed E-state index contributed by atoms with van der Waals surface area (Å²) in [7, 11) is 0. The van der Waals surface area contributed by atoms with Crippen LogP contribution in [0.2, 0.25) is 0 Å². The van der Waals surface area contributed by atoms with Crippen molar-refractivity contribution < 1.29 is 13.6 Å². The summed E-state index contributed by atoms with van der Waals surface area (Å²) >= 11 is 4.36. The zero-order valence-electron chi connectivity index (χ0n) is 12.1. The molecule has 0 bridgehead atoms. The molecule has 6 nitrogen and oxygen atoms in total. The lowest BCUT2D eigenvalue weighted by Crippen LogP contribution is -2.14. The molecular formula is C15H10BrFN4O2S. The van der Waals surface area contributed by atoms with Gasteiger partial charge < -0.3 is 9.73 Å². The normalized spacial score (nSPS) is 10.6. The van der Waals surface area contributed by atoms with Crippen molar-refractivity contribution in [2.24, 2.45) is 0 Å². The van der Waals surface area contributed by atoms with Crippen LogP contribution >= 0.6 is 27.7 Å². The van der Waals surface area contributed by atoms with E-state index in [1.165, 1.54) is 12.1 Å². The number of nitrogens with zero attached hydrogens (tertiary/aromatic N) is 3. The molecule has 0 aliphatic carbocycles. The van der Waals surface area contributed by atoms with Crippen LogP contribution in [0.1, 0.15) is 0 Å². The number of pyridine rings is 1. The molecule has 2 heterocycles. The Balaban J connectivity index is 1.57. The molecule has 1 amide bonds. The molecule has 0 aliphatic heterocycles. The Kier molecular flexibility index (Phi) is 5.21. The number of hydrogen-bond acceptors (Lipinski definition) is 6. The second-order valence-corrected chi connectivity index (χ2v) is 6.42. The molecule has 3 aromatic rings. The van der Waals surface area contributed by atoms with Crippen LogP contribution in [0.3, 0.4) is 0 Å². The molecule has 1 aromatic carbocycles. The molecule has 0 saturated heterocycles. The number of halogens is 2. The van der Waals surface area contributed by atoms with E-state index in [1.54, 1.807) is 30.5 Å². The van der Waals surface area contributed by atoms with Crippen molar-refractivity contribution in [3.63, 3.8) is 0 Å². The topological polar surface area (TPSA) is 80.9 Å². The Hall–Kier alpha value is -2.26. The third kappa shape index (κ3) is 4.39. The third-order valence-corrected chi connectivity index (χ3v) is 4.09. The van der Waals surface area contributed by atoms with E-state index in [2.05, 4.69) is 36.4 Å². The van der Waals surface area contributed by atoms with E-state index >= 15 is 0 Å². The molecule has 0 spiro atoms. The van der Waals surface area contributed by atoms with E-state index in [-0.39, 0.29) is 28.6 Å². The molecule has 0 aliphatic rings. The highest BCUT2D eigenvalue weighted by atomic mass is 79.9. The number of carbonyl (C=O) groups is 1. The molecule has 0 radical (unpaired) electrons. The van der Waals surface area contributed by atoms with Gasteiger partial charge in [0.15, 0.2) is 0 Å². The Morgan fingerprint density at radius 2 is 2.17 bits per heavy atom. The quantitative estimate of drug-likeness (QED) is 0.647. The molecule has 0 saturated carbocycles. The minimum atomic E-state index is -0.388. The zero-order valence-corrected chi connectivity index (χ0v) is 14.5. The fraction of sp³-hybridized carbons (Fsp3) is 0.0667. The van der Waals surface area contributed by atoms with Crippen LogP contribution in [0.4, 0.5) is 10.2 Å². The lowest BCUT2D eigenvalue weighted by molar-refractivity contribution is -0.113. The first-order valence-electron chi connectivity index (χ1n) is 6.74. The molecule has 122 valence electrons. The van der Waals surface area contributed by atoms with Gasteiger partial charge in [0.2, 0.25) is 11.8 Å². The Morgan fingerprint density at radius 1 is 1.29 bits per heavy atom. The molecule has 0 unspecified atom stereocenters. The Morgan fingerprint density at radius 3 is 2.92 bits per heavy atom. The van der Waals surface area contributed by atoms with Gasteiger partial charge in [-0.1, -0.05) is 17.8 Å². The lowest BCUT2D eigenvalue weighted by Gasteiger charge is -2.02. The fourth-order valence-corrected chi connectivity index (χ4v) is 2.56. The SMILES string of the molecule is O=C(CSc1nnc(-c2cccc(F)c2)o1)Nc1ccc(Br)cn1. The summed E-state index contributed by atoms with van der Waals surface area (Å²) in [5.41, 5.74) is 0.484. The number of rotatable bonds is 5. The number of hydrogen-bond donors (Lipinski definition) is 1. The number of nitrogens with one attached hydrogen (secondary N) is 1. The maximum absolute atomic E-state index is 13.2. The highest BCUT2D eigenvalue weighted by molar-refractivity contribution is 9.10. The molecule has 2 aromatic heterocycles. The van der Waals surface area contributed by atoms with Crippen molar-refractivity contribution in [3.05, 3.63) is 52.9 Å². The first-order chi connectivity index (χ1) is 11.6. The van der Waals surface area contributed by atoms with Crippen molar-refractivity contribution in [1.29, 1.82) is 0 Å². The molecule has 1 N–H and O–H groups in total. The van der Waals surface area contributed by atoms with E-state index in [0.29, 0.717) is 11.4 Å². The van der Waals surface area contributed by atoms with Crippen molar-refractivity contribution in [2.45, 2.75) is 5.22 Å². The summed E-state index contributed by atoms with van der Waals surface area (Å²) in [6.45, 7) is 0. The van der Waals surface area contributed by atoms with E-state index in [1.807, 2.05) is 0 Å². The van der Waals surface area contributed by atoms with Crippen LogP contribution in [0, 0.1) is 5.82 Å². The van der Waals surface area contributed by atoms with Crippen LogP contribution in [-0.4, -0.2) is 26.8 Å². The highest BCUT2D eigenvalue weighted by Crippen LogP contribution is 2.23. The van der Waals surface area contributed by atoms with Crippen LogP contribution < -0.4 is 5.32 Å². The molecule has 9 heteroatoms. The van der Waals surface area contributed by atoms with Crippen LogP contribution in [-0.2, 0) is 4.79 Å². The predicted octanol–water partition coefficient (Wildman–Crippen LogP) is 3.76. The average molecular weight is 409 g/mol. The molecular weight excluding hydrogens is 399 g/mol. The summed E-state index contributed by atoms with van der Waals surface area (Å²) in [5.74, 6) is 0.103. The summed E-state index contributed by atoms with van der Waals surface area (Å²) in [6, 6.07) is 9.31. The van der Waals surface area contributed by atoms with E-state index in [9.17, 15) is 9.18 Å².